The molecule has 1 amide bonds. The number of piperidine rings is 1. The molecule has 222 valence electrons. The average Bonchev–Trinajstić information content (AvgIpc) is 3.02. The summed E-state index contributed by atoms with van der Waals surface area (Å²) in [7, 11) is 1.63. The molecule has 2 saturated heterocycles. The number of hydrazine groups is 1. The van der Waals surface area contributed by atoms with Gasteiger partial charge in [-0.25, -0.2) is 10.0 Å². The van der Waals surface area contributed by atoms with Gasteiger partial charge in [0.25, 0.3) is 0 Å². The average molecular weight is 573 g/mol. The van der Waals surface area contributed by atoms with Crippen LogP contribution < -0.4 is 29.4 Å². The number of methoxy groups -OCH3 is 1. The number of nitrogens with zero attached hydrogens (tertiary/aromatic N) is 5. The largest absolute Gasteiger partial charge is 0.493 e. The number of nitrogens with one attached hydrogen (secondary N) is 1. The molecule has 2 aromatic carbocycles. The molecule has 2 aliphatic rings. The Kier molecular flexibility index (Phi) is 9.62. The van der Waals surface area contributed by atoms with Crippen molar-refractivity contribution in [1.82, 2.24) is 15.3 Å². The van der Waals surface area contributed by atoms with Crippen LogP contribution in [0.4, 0.5) is 11.4 Å². The second kappa shape index (κ2) is 13.7. The number of ether oxygens (including phenoxy) is 3. The number of anilines is 2. The monoisotopic (exact) mass is 572 g/mol. The molecule has 3 aromatic rings. The van der Waals surface area contributed by atoms with Crippen molar-refractivity contribution in [2.75, 3.05) is 56.3 Å². The first-order chi connectivity index (χ1) is 20.5. The lowest BCUT2D eigenvalue weighted by molar-refractivity contribution is -0.110. The third kappa shape index (κ3) is 6.69. The first-order valence-corrected chi connectivity index (χ1v) is 14.8. The van der Waals surface area contributed by atoms with Gasteiger partial charge in [0.1, 0.15) is 11.8 Å². The number of piperazine rings is 1. The Morgan fingerprint density at radius 1 is 1.14 bits per heavy atom. The molecule has 0 radical (unpaired) electrons. The zero-order valence-corrected chi connectivity index (χ0v) is 24.7. The topological polar surface area (TPSA) is 103 Å². The highest BCUT2D eigenvalue weighted by Gasteiger charge is 2.26. The van der Waals surface area contributed by atoms with Crippen LogP contribution in [0.2, 0.25) is 0 Å². The molecule has 1 N–H and O–H groups in total. The second-order valence-corrected chi connectivity index (χ2v) is 11.0. The number of rotatable bonds is 11. The van der Waals surface area contributed by atoms with Crippen molar-refractivity contribution in [3.63, 3.8) is 0 Å². The van der Waals surface area contributed by atoms with E-state index in [1.165, 1.54) is 19.3 Å². The van der Waals surface area contributed by atoms with Gasteiger partial charge < -0.3 is 24.4 Å². The van der Waals surface area contributed by atoms with Crippen LogP contribution in [0.15, 0.2) is 42.6 Å². The van der Waals surface area contributed by atoms with Gasteiger partial charge in [-0.3, -0.25) is 9.78 Å². The van der Waals surface area contributed by atoms with Crippen molar-refractivity contribution >= 4 is 28.7 Å². The van der Waals surface area contributed by atoms with Crippen LogP contribution in [-0.2, 0) is 4.79 Å². The molecular weight excluding hydrogens is 532 g/mol. The van der Waals surface area contributed by atoms with Gasteiger partial charge in [0.15, 0.2) is 11.5 Å². The maximum absolute atomic E-state index is 12.1. The lowest BCUT2D eigenvalue weighted by atomic mass is 10.0. The minimum absolute atomic E-state index is 0.0801. The van der Waals surface area contributed by atoms with Crippen molar-refractivity contribution in [3.8, 4) is 23.3 Å². The van der Waals surface area contributed by atoms with E-state index in [0.29, 0.717) is 55.9 Å². The molecule has 2 aliphatic heterocycles. The number of hydrogen-bond donors (Lipinski definition) is 1. The number of fused-ring (bicyclic) bond motifs is 1. The van der Waals surface area contributed by atoms with Crippen LogP contribution in [0.3, 0.4) is 0 Å². The molecule has 1 aromatic heterocycles. The summed E-state index contributed by atoms with van der Waals surface area (Å²) in [5, 5.41) is 18.0. The molecule has 10 heteroatoms. The van der Waals surface area contributed by atoms with Gasteiger partial charge in [-0.05, 0) is 70.0 Å². The molecule has 1 atom stereocenters. The SMILES string of the molecule is COc1cc2c(N3CCN(N(C=O)c4ccc(OC(C)C)cc4)CC3)c(C#N)cnc2cc1OCCC1CCCCN1. The van der Waals surface area contributed by atoms with Gasteiger partial charge >= 0.3 is 0 Å². The summed E-state index contributed by atoms with van der Waals surface area (Å²) >= 11 is 0. The Balaban J connectivity index is 1.31. The minimum Gasteiger partial charge on any atom is -0.493 e. The Bertz CT molecular complexity index is 1390. The molecular formula is C32H40N6O4. The van der Waals surface area contributed by atoms with Gasteiger partial charge in [-0.2, -0.15) is 5.26 Å². The minimum atomic E-state index is 0.0801. The predicted molar refractivity (Wildman–Crippen MR) is 163 cm³/mol. The smallest absolute Gasteiger partial charge is 0.228 e. The summed E-state index contributed by atoms with van der Waals surface area (Å²) in [6.45, 7) is 8.08. The van der Waals surface area contributed by atoms with E-state index in [-0.39, 0.29) is 6.10 Å². The standard InChI is InChI=1S/C32H40N6O4/c1-23(2)42-27-9-7-26(8-10-27)38(22-39)37-15-13-36(14-16-37)32-24(20-33)21-35-29-19-31(30(40-3)18-28(29)32)41-17-11-25-6-4-5-12-34-25/h7-10,18-19,21-23,25,34H,4-6,11-17H2,1-3H3. The van der Waals surface area contributed by atoms with Crippen LogP contribution in [0.5, 0.6) is 17.2 Å². The van der Waals surface area contributed by atoms with E-state index >= 15 is 0 Å². The van der Waals surface area contributed by atoms with Crippen molar-refractivity contribution < 1.29 is 19.0 Å². The van der Waals surface area contributed by atoms with E-state index in [0.717, 1.165) is 47.4 Å². The van der Waals surface area contributed by atoms with Gasteiger partial charge in [0.2, 0.25) is 6.41 Å². The number of carbonyl (C=O) groups excluding carboxylic acids is 1. The first-order valence-electron chi connectivity index (χ1n) is 14.8. The third-order valence-electron chi connectivity index (χ3n) is 7.83. The lowest BCUT2D eigenvalue weighted by Crippen LogP contribution is -2.54. The summed E-state index contributed by atoms with van der Waals surface area (Å²) < 4.78 is 17.6. The normalized spacial score (nSPS) is 17.6. The van der Waals surface area contributed by atoms with E-state index in [1.807, 2.05) is 55.3 Å². The lowest BCUT2D eigenvalue weighted by Gasteiger charge is -2.40. The molecule has 0 aliphatic carbocycles. The maximum atomic E-state index is 12.1. The van der Waals surface area contributed by atoms with Crippen LogP contribution >= 0.6 is 0 Å². The third-order valence-corrected chi connectivity index (χ3v) is 7.83. The molecule has 0 bridgehead atoms. The highest BCUT2D eigenvalue weighted by atomic mass is 16.5. The molecule has 10 nitrogen and oxygen atoms in total. The molecule has 1 unspecified atom stereocenters. The molecule has 3 heterocycles. The van der Waals surface area contributed by atoms with E-state index < -0.39 is 0 Å². The number of pyridine rings is 1. The van der Waals surface area contributed by atoms with E-state index in [4.69, 9.17) is 14.2 Å². The number of aromatic nitrogens is 1. The zero-order chi connectivity index (χ0) is 29.5. The number of benzene rings is 2. The maximum Gasteiger partial charge on any atom is 0.228 e. The molecule has 2 fully saturated rings. The van der Waals surface area contributed by atoms with Gasteiger partial charge in [0, 0.05) is 49.9 Å². The number of amides is 1. The summed E-state index contributed by atoms with van der Waals surface area (Å²) in [6.07, 6.45) is 7.16. The number of carbonyl (C=O) groups is 1. The highest BCUT2D eigenvalue weighted by molar-refractivity contribution is 5.96. The van der Waals surface area contributed by atoms with Gasteiger partial charge in [-0.15, -0.1) is 0 Å². The Hall–Kier alpha value is -4.07. The quantitative estimate of drug-likeness (QED) is 0.332. The van der Waals surface area contributed by atoms with Crippen LogP contribution in [0.1, 0.15) is 45.1 Å². The molecule has 0 saturated carbocycles. The van der Waals surface area contributed by atoms with E-state index in [2.05, 4.69) is 21.3 Å². The van der Waals surface area contributed by atoms with Crippen molar-refractivity contribution in [3.05, 3.63) is 48.2 Å². The first kappa shape index (κ1) is 29.4. The Morgan fingerprint density at radius 2 is 1.93 bits per heavy atom. The van der Waals surface area contributed by atoms with Gasteiger partial charge in [-0.1, -0.05) is 6.42 Å². The molecule has 5 rings (SSSR count). The summed E-state index contributed by atoms with van der Waals surface area (Å²) in [4.78, 5) is 18.9. The van der Waals surface area contributed by atoms with Gasteiger partial charge in [0.05, 0.1) is 42.3 Å². The number of nitriles is 1. The highest BCUT2D eigenvalue weighted by Crippen LogP contribution is 2.38. The fourth-order valence-electron chi connectivity index (χ4n) is 5.74. The number of hydrogen-bond acceptors (Lipinski definition) is 9. The summed E-state index contributed by atoms with van der Waals surface area (Å²) in [6, 6.07) is 14.2. The van der Waals surface area contributed by atoms with E-state index in [9.17, 15) is 10.1 Å². The van der Waals surface area contributed by atoms with E-state index in [1.54, 1.807) is 18.3 Å². The second-order valence-electron chi connectivity index (χ2n) is 11.0. The van der Waals surface area contributed by atoms with Crippen LogP contribution in [0.25, 0.3) is 10.9 Å². The zero-order valence-electron chi connectivity index (χ0n) is 24.7. The molecule has 0 spiro atoms. The van der Waals surface area contributed by atoms with Crippen molar-refractivity contribution in [2.45, 2.75) is 51.7 Å². The Morgan fingerprint density at radius 3 is 2.57 bits per heavy atom. The van der Waals surface area contributed by atoms with Crippen LogP contribution in [0, 0.1) is 11.3 Å². The van der Waals surface area contributed by atoms with Crippen molar-refractivity contribution in [2.24, 2.45) is 0 Å². The summed E-state index contributed by atoms with van der Waals surface area (Å²) in [5.74, 6) is 2.04. The van der Waals surface area contributed by atoms with Crippen LogP contribution in [-0.4, -0.2) is 75.0 Å². The molecule has 42 heavy (non-hydrogen) atoms. The Labute approximate surface area is 247 Å². The summed E-state index contributed by atoms with van der Waals surface area (Å²) in [5.41, 5.74) is 2.85. The fourth-order valence-corrected chi connectivity index (χ4v) is 5.74. The van der Waals surface area contributed by atoms with Crippen molar-refractivity contribution in [1.29, 1.82) is 5.26 Å². The fraction of sp³-hybridized carbons (Fsp3) is 0.469. The predicted octanol–water partition coefficient (Wildman–Crippen LogP) is 4.51.